The second-order valence-corrected chi connectivity index (χ2v) is 6.49. The van der Waals surface area contributed by atoms with Crippen LogP contribution >= 0.6 is 0 Å². The molecule has 25 heavy (non-hydrogen) atoms. The Kier molecular flexibility index (Phi) is 6.39. The normalized spacial score (nSPS) is 11.3. The van der Waals surface area contributed by atoms with Gasteiger partial charge in [-0.1, -0.05) is 13.8 Å². The number of hydrazone groups is 1. The molecule has 134 valence electrons. The summed E-state index contributed by atoms with van der Waals surface area (Å²) >= 11 is 0. The van der Waals surface area contributed by atoms with Crippen LogP contribution in [-0.4, -0.2) is 23.3 Å². The van der Waals surface area contributed by atoms with Gasteiger partial charge in [-0.05, 0) is 57.0 Å². The average Bonchev–Trinajstić information content (AvgIpc) is 2.83. The minimum atomic E-state index is -0.240. The largest absolute Gasteiger partial charge is 0.494 e. The lowest BCUT2D eigenvalue weighted by Crippen LogP contribution is -2.17. The first-order valence-corrected chi connectivity index (χ1v) is 8.65. The number of aryl methyl sites for hydroxylation is 1. The molecule has 0 fully saturated rings. The van der Waals surface area contributed by atoms with E-state index in [1.165, 1.54) is 5.69 Å². The van der Waals surface area contributed by atoms with Crippen molar-refractivity contribution in [3.05, 3.63) is 52.8 Å². The van der Waals surface area contributed by atoms with E-state index in [0.29, 0.717) is 18.1 Å². The van der Waals surface area contributed by atoms with Crippen LogP contribution < -0.4 is 10.2 Å². The number of aromatic nitrogens is 1. The summed E-state index contributed by atoms with van der Waals surface area (Å²) in [5, 5.41) is 4.10. The Hall–Kier alpha value is -2.56. The predicted octanol–water partition coefficient (Wildman–Crippen LogP) is 3.92. The highest BCUT2D eigenvalue weighted by Crippen LogP contribution is 2.15. The third kappa shape index (κ3) is 4.95. The monoisotopic (exact) mass is 341 g/mol. The fraction of sp³-hybridized carbons (Fsp3) is 0.400. The van der Waals surface area contributed by atoms with Gasteiger partial charge in [-0.15, -0.1) is 0 Å². The summed E-state index contributed by atoms with van der Waals surface area (Å²) in [5.41, 5.74) is 6.50. The SMILES string of the molecule is CCOc1ccc(C(=O)N/N=C\c2cc(C)n(CC(C)C)c2C)cc1. The van der Waals surface area contributed by atoms with Gasteiger partial charge in [0.2, 0.25) is 0 Å². The van der Waals surface area contributed by atoms with Crippen molar-refractivity contribution < 1.29 is 9.53 Å². The molecule has 0 aliphatic carbocycles. The average molecular weight is 341 g/mol. The van der Waals surface area contributed by atoms with E-state index in [-0.39, 0.29) is 5.91 Å². The molecule has 1 amide bonds. The quantitative estimate of drug-likeness (QED) is 0.613. The highest BCUT2D eigenvalue weighted by Gasteiger charge is 2.09. The molecular formula is C20H27N3O2. The van der Waals surface area contributed by atoms with Crippen LogP contribution in [0.15, 0.2) is 35.4 Å². The molecule has 2 aromatic rings. The zero-order valence-corrected chi connectivity index (χ0v) is 15.7. The Morgan fingerprint density at radius 2 is 1.96 bits per heavy atom. The van der Waals surface area contributed by atoms with Crippen LogP contribution in [0, 0.1) is 19.8 Å². The van der Waals surface area contributed by atoms with E-state index in [1.807, 2.05) is 6.92 Å². The van der Waals surface area contributed by atoms with Crippen molar-refractivity contribution in [2.45, 2.75) is 41.2 Å². The number of hydrogen-bond acceptors (Lipinski definition) is 3. The number of amides is 1. The topological polar surface area (TPSA) is 55.6 Å². The maximum Gasteiger partial charge on any atom is 0.271 e. The van der Waals surface area contributed by atoms with Gasteiger partial charge in [0.05, 0.1) is 12.8 Å². The van der Waals surface area contributed by atoms with Gasteiger partial charge < -0.3 is 9.30 Å². The zero-order valence-electron chi connectivity index (χ0n) is 15.7. The Labute approximate surface area is 149 Å². The van der Waals surface area contributed by atoms with Crippen molar-refractivity contribution in [2.75, 3.05) is 6.61 Å². The lowest BCUT2D eigenvalue weighted by molar-refractivity contribution is 0.0955. The standard InChI is InChI=1S/C20H27N3O2/c1-6-25-19-9-7-17(8-10-19)20(24)22-21-12-18-11-15(4)23(16(18)5)13-14(2)3/h7-12,14H,6,13H2,1-5H3,(H,22,24)/b21-12-. The molecule has 0 aliphatic heterocycles. The van der Waals surface area contributed by atoms with Crippen LogP contribution in [0.1, 0.15) is 48.1 Å². The molecule has 0 bridgehead atoms. The van der Waals surface area contributed by atoms with E-state index in [0.717, 1.165) is 23.6 Å². The third-order valence-electron chi connectivity index (χ3n) is 3.96. The van der Waals surface area contributed by atoms with Crippen molar-refractivity contribution in [3.8, 4) is 5.75 Å². The van der Waals surface area contributed by atoms with E-state index in [4.69, 9.17) is 4.74 Å². The maximum atomic E-state index is 12.1. The fourth-order valence-corrected chi connectivity index (χ4v) is 2.70. The van der Waals surface area contributed by atoms with Gasteiger partial charge in [0, 0.05) is 29.1 Å². The second-order valence-electron chi connectivity index (χ2n) is 6.49. The highest BCUT2D eigenvalue weighted by atomic mass is 16.5. The molecule has 0 saturated carbocycles. The molecule has 0 aliphatic rings. The zero-order chi connectivity index (χ0) is 18.4. The first-order valence-electron chi connectivity index (χ1n) is 8.65. The van der Waals surface area contributed by atoms with E-state index < -0.39 is 0 Å². The summed E-state index contributed by atoms with van der Waals surface area (Å²) in [4.78, 5) is 12.1. The van der Waals surface area contributed by atoms with Gasteiger partial charge in [0.1, 0.15) is 5.75 Å². The van der Waals surface area contributed by atoms with Crippen molar-refractivity contribution in [2.24, 2.45) is 11.0 Å². The van der Waals surface area contributed by atoms with Gasteiger partial charge in [-0.25, -0.2) is 5.43 Å². The summed E-state index contributed by atoms with van der Waals surface area (Å²) in [5.74, 6) is 1.09. The molecule has 1 aromatic heterocycles. The Bertz CT molecular complexity index is 743. The van der Waals surface area contributed by atoms with Crippen molar-refractivity contribution in [3.63, 3.8) is 0 Å². The minimum Gasteiger partial charge on any atom is -0.494 e. The van der Waals surface area contributed by atoms with E-state index in [2.05, 4.69) is 48.9 Å². The summed E-state index contributed by atoms with van der Waals surface area (Å²) in [6, 6.07) is 9.10. The number of nitrogens with zero attached hydrogens (tertiary/aromatic N) is 2. The molecule has 1 aromatic carbocycles. The molecule has 1 N–H and O–H groups in total. The second kappa shape index (κ2) is 8.51. The molecule has 0 saturated heterocycles. The van der Waals surface area contributed by atoms with Gasteiger partial charge >= 0.3 is 0 Å². The highest BCUT2D eigenvalue weighted by molar-refractivity contribution is 5.95. The molecule has 0 spiro atoms. The van der Waals surface area contributed by atoms with Crippen LogP contribution in [0.25, 0.3) is 0 Å². The predicted molar refractivity (Wildman–Crippen MR) is 101 cm³/mol. The molecule has 5 heteroatoms. The lowest BCUT2D eigenvalue weighted by Gasteiger charge is -2.11. The molecule has 2 rings (SSSR count). The van der Waals surface area contributed by atoms with Crippen molar-refractivity contribution in [1.29, 1.82) is 0 Å². The minimum absolute atomic E-state index is 0.240. The number of hydrogen-bond donors (Lipinski definition) is 1. The first-order chi connectivity index (χ1) is 11.9. The number of nitrogens with one attached hydrogen (secondary N) is 1. The van der Waals surface area contributed by atoms with Crippen LogP contribution in [-0.2, 0) is 6.54 Å². The number of carbonyl (C=O) groups excluding carboxylic acids is 1. The van der Waals surface area contributed by atoms with Gasteiger partial charge in [-0.3, -0.25) is 4.79 Å². The fourth-order valence-electron chi connectivity index (χ4n) is 2.70. The van der Waals surface area contributed by atoms with Gasteiger partial charge in [-0.2, -0.15) is 5.10 Å². The summed E-state index contributed by atoms with van der Waals surface area (Å²) < 4.78 is 7.65. The van der Waals surface area contributed by atoms with Crippen LogP contribution in [0.5, 0.6) is 5.75 Å². The number of ether oxygens (including phenoxy) is 1. The van der Waals surface area contributed by atoms with Crippen molar-refractivity contribution >= 4 is 12.1 Å². The summed E-state index contributed by atoms with van der Waals surface area (Å²) in [7, 11) is 0. The number of benzene rings is 1. The van der Waals surface area contributed by atoms with Crippen LogP contribution in [0.3, 0.4) is 0 Å². The Morgan fingerprint density at radius 1 is 1.28 bits per heavy atom. The molecule has 0 unspecified atom stereocenters. The number of rotatable bonds is 7. The molecular weight excluding hydrogens is 314 g/mol. The summed E-state index contributed by atoms with van der Waals surface area (Å²) in [6.07, 6.45) is 1.70. The van der Waals surface area contributed by atoms with Crippen molar-refractivity contribution in [1.82, 2.24) is 9.99 Å². The van der Waals surface area contributed by atoms with E-state index in [9.17, 15) is 4.79 Å². The smallest absolute Gasteiger partial charge is 0.271 e. The maximum absolute atomic E-state index is 12.1. The first kappa shape index (κ1) is 18.8. The Morgan fingerprint density at radius 3 is 2.56 bits per heavy atom. The van der Waals surface area contributed by atoms with E-state index in [1.54, 1.807) is 30.5 Å². The lowest BCUT2D eigenvalue weighted by atomic mass is 10.2. The number of carbonyl (C=O) groups is 1. The van der Waals surface area contributed by atoms with Crippen LogP contribution in [0.2, 0.25) is 0 Å². The van der Waals surface area contributed by atoms with Crippen LogP contribution in [0.4, 0.5) is 0 Å². The Balaban J connectivity index is 2.02. The molecule has 0 radical (unpaired) electrons. The summed E-state index contributed by atoms with van der Waals surface area (Å²) in [6.45, 7) is 12.1. The van der Waals surface area contributed by atoms with Gasteiger partial charge in [0.15, 0.2) is 0 Å². The third-order valence-corrected chi connectivity index (χ3v) is 3.96. The molecule has 0 atom stereocenters. The molecule has 1 heterocycles. The van der Waals surface area contributed by atoms with E-state index >= 15 is 0 Å². The molecule has 5 nitrogen and oxygen atoms in total. The van der Waals surface area contributed by atoms with Gasteiger partial charge in [0.25, 0.3) is 5.91 Å².